The summed E-state index contributed by atoms with van der Waals surface area (Å²) >= 11 is 0. The lowest BCUT2D eigenvalue weighted by atomic mass is 9.94. The van der Waals surface area contributed by atoms with Crippen LogP contribution >= 0.6 is 0 Å². The van der Waals surface area contributed by atoms with Crippen LogP contribution in [0.3, 0.4) is 0 Å². The Hall–Kier alpha value is -2.17. The third-order valence-electron chi connectivity index (χ3n) is 4.06. The number of likely N-dealkylation sites (tertiary alicyclic amines) is 1. The minimum Gasteiger partial charge on any atom is -0.361 e. The molecule has 0 unspecified atom stereocenters. The second-order valence-electron chi connectivity index (χ2n) is 5.77. The average molecular weight is 302 g/mol. The molecule has 22 heavy (non-hydrogen) atoms. The molecule has 1 aromatic carbocycles. The molecule has 1 saturated heterocycles. The predicted molar refractivity (Wildman–Crippen MR) is 79.6 cm³/mol. The van der Waals surface area contributed by atoms with E-state index in [1.807, 2.05) is 17.9 Å². The van der Waals surface area contributed by atoms with E-state index in [9.17, 15) is 9.18 Å². The van der Waals surface area contributed by atoms with Gasteiger partial charge in [0, 0.05) is 12.6 Å². The van der Waals surface area contributed by atoms with Gasteiger partial charge in [0.25, 0.3) is 0 Å². The summed E-state index contributed by atoms with van der Waals surface area (Å²) in [6, 6.07) is 8.25. The fraction of sp³-hybridized carbons (Fsp3) is 0.412. The van der Waals surface area contributed by atoms with Crippen molar-refractivity contribution in [2.75, 3.05) is 6.54 Å². The van der Waals surface area contributed by atoms with Crippen molar-refractivity contribution in [2.45, 2.75) is 38.6 Å². The van der Waals surface area contributed by atoms with Gasteiger partial charge in [-0.15, -0.1) is 0 Å². The second kappa shape index (κ2) is 6.30. The number of aryl methyl sites for hydroxylation is 1. The maximum Gasteiger partial charge on any atom is 0.230 e. The predicted octanol–water partition coefficient (Wildman–Crippen LogP) is 3.42. The maximum absolute atomic E-state index is 13.5. The van der Waals surface area contributed by atoms with Gasteiger partial charge in [-0.25, -0.2) is 4.39 Å². The molecule has 1 amide bonds. The minimum absolute atomic E-state index is 0.00473. The van der Waals surface area contributed by atoms with E-state index < -0.39 is 0 Å². The van der Waals surface area contributed by atoms with Crippen LogP contribution in [0.4, 0.5) is 4.39 Å². The van der Waals surface area contributed by atoms with E-state index in [-0.39, 0.29) is 24.2 Å². The highest BCUT2D eigenvalue weighted by molar-refractivity contribution is 5.78. The molecule has 1 aliphatic rings. The first-order valence-corrected chi connectivity index (χ1v) is 7.60. The van der Waals surface area contributed by atoms with E-state index in [0.717, 1.165) is 30.5 Å². The number of amides is 1. The fourth-order valence-electron chi connectivity index (χ4n) is 3.04. The van der Waals surface area contributed by atoms with E-state index in [1.165, 1.54) is 12.1 Å². The lowest BCUT2D eigenvalue weighted by Gasteiger charge is -2.36. The molecule has 1 aromatic heterocycles. The highest BCUT2D eigenvalue weighted by atomic mass is 19.1. The lowest BCUT2D eigenvalue weighted by molar-refractivity contribution is -0.134. The van der Waals surface area contributed by atoms with Crippen LogP contribution in [0, 0.1) is 12.7 Å². The molecule has 1 aliphatic heterocycles. The molecule has 3 rings (SSSR count). The molecule has 0 aliphatic carbocycles. The van der Waals surface area contributed by atoms with Crippen molar-refractivity contribution >= 4 is 5.91 Å². The zero-order chi connectivity index (χ0) is 15.5. The molecule has 116 valence electrons. The maximum atomic E-state index is 13.5. The molecule has 4 nitrogen and oxygen atoms in total. The molecule has 1 atom stereocenters. The van der Waals surface area contributed by atoms with Crippen LogP contribution in [-0.4, -0.2) is 22.5 Å². The van der Waals surface area contributed by atoms with Gasteiger partial charge in [-0.2, -0.15) is 0 Å². The number of rotatable bonds is 3. The molecule has 5 heteroatoms. The number of benzene rings is 1. The third kappa shape index (κ3) is 3.18. The number of piperidine rings is 1. The average Bonchev–Trinajstić information content (AvgIpc) is 2.92. The van der Waals surface area contributed by atoms with E-state index in [4.69, 9.17) is 4.52 Å². The van der Waals surface area contributed by atoms with Gasteiger partial charge in [0.05, 0.1) is 18.2 Å². The molecule has 0 bridgehead atoms. The van der Waals surface area contributed by atoms with E-state index in [1.54, 1.807) is 12.1 Å². The van der Waals surface area contributed by atoms with Crippen LogP contribution in [-0.2, 0) is 11.2 Å². The van der Waals surface area contributed by atoms with Crippen molar-refractivity contribution in [2.24, 2.45) is 0 Å². The summed E-state index contributed by atoms with van der Waals surface area (Å²) in [5.74, 6) is 0.317. The largest absolute Gasteiger partial charge is 0.361 e. The Morgan fingerprint density at radius 2 is 2.27 bits per heavy atom. The van der Waals surface area contributed by atoms with Crippen molar-refractivity contribution < 1.29 is 13.7 Å². The molecule has 2 heterocycles. The number of carbonyl (C=O) groups is 1. The molecule has 2 aromatic rings. The molecule has 0 spiro atoms. The van der Waals surface area contributed by atoms with Crippen molar-refractivity contribution in [3.63, 3.8) is 0 Å². The molecule has 1 fully saturated rings. The van der Waals surface area contributed by atoms with Gasteiger partial charge in [-0.05, 0) is 43.9 Å². The van der Waals surface area contributed by atoms with E-state index in [0.29, 0.717) is 12.3 Å². The van der Waals surface area contributed by atoms with Crippen molar-refractivity contribution in [1.82, 2.24) is 10.1 Å². The van der Waals surface area contributed by atoms with Crippen LogP contribution in [0.1, 0.15) is 42.3 Å². The third-order valence-corrected chi connectivity index (χ3v) is 4.06. The molecular weight excluding hydrogens is 283 g/mol. The summed E-state index contributed by atoms with van der Waals surface area (Å²) in [5, 5.41) is 3.81. The molecule has 0 saturated carbocycles. The van der Waals surface area contributed by atoms with Gasteiger partial charge in [-0.3, -0.25) is 4.79 Å². The fourth-order valence-corrected chi connectivity index (χ4v) is 3.04. The van der Waals surface area contributed by atoms with E-state index >= 15 is 0 Å². The number of carbonyl (C=O) groups excluding carboxylic acids is 1. The summed E-state index contributed by atoms with van der Waals surface area (Å²) in [5.41, 5.74) is 1.63. The summed E-state index contributed by atoms with van der Waals surface area (Å²) < 4.78 is 18.6. The van der Waals surface area contributed by atoms with Crippen LogP contribution < -0.4 is 0 Å². The zero-order valence-corrected chi connectivity index (χ0v) is 12.6. The first-order valence-electron chi connectivity index (χ1n) is 7.60. The SMILES string of the molecule is Cc1cc(CC(=O)N2CCCC[C@@H]2c2cccc(F)c2)on1. The molecule has 0 N–H and O–H groups in total. The summed E-state index contributed by atoms with van der Waals surface area (Å²) in [6.07, 6.45) is 3.09. The normalized spacial score (nSPS) is 18.5. The zero-order valence-electron chi connectivity index (χ0n) is 12.6. The lowest BCUT2D eigenvalue weighted by Crippen LogP contribution is -2.39. The number of hydrogen-bond acceptors (Lipinski definition) is 3. The standard InChI is InChI=1S/C17H19FN2O2/c1-12-9-15(22-19-12)11-17(21)20-8-3-2-7-16(20)13-5-4-6-14(18)10-13/h4-6,9-10,16H,2-3,7-8,11H2,1H3/t16-/m1/s1. The van der Waals surface area contributed by atoms with Crippen molar-refractivity contribution in [1.29, 1.82) is 0 Å². The van der Waals surface area contributed by atoms with Crippen molar-refractivity contribution in [3.8, 4) is 0 Å². The Morgan fingerprint density at radius 3 is 3.00 bits per heavy atom. The van der Waals surface area contributed by atoms with Crippen LogP contribution in [0.5, 0.6) is 0 Å². The van der Waals surface area contributed by atoms with Crippen LogP contribution in [0.2, 0.25) is 0 Å². The quantitative estimate of drug-likeness (QED) is 0.872. The monoisotopic (exact) mass is 302 g/mol. The number of aromatic nitrogens is 1. The number of hydrogen-bond donors (Lipinski definition) is 0. The summed E-state index contributed by atoms with van der Waals surface area (Å²) in [4.78, 5) is 14.4. The van der Waals surface area contributed by atoms with E-state index in [2.05, 4.69) is 5.16 Å². The Labute approximate surface area is 128 Å². The topological polar surface area (TPSA) is 46.3 Å². The van der Waals surface area contributed by atoms with Gasteiger partial charge < -0.3 is 9.42 Å². The smallest absolute Gasteiger partial charge is 0.230 e. The Kier molecular flexibility index (Phi) is 4.22. The van der Waals surface area contributed by atoms with Crippen LogP contribution in [0.25, 0.3) is 0 Å². The molecular formula is C17H19FN2O2. The Morgan fingerprint density at radius 1 is 1.41 bits per heavy atom. The second-order valence-corrected chi connectivity index (χ2v) is 5.77. The van der Waals surface area contributed by atoms with Gasteiger partial charge in [0.15, 0.2) is 0 Å². The minimum atomic E-state index is -0.263. The first-order chi connectivity index (χ1) is 10.6. The number of halogens is 1. The summed E-state index contributed by atoms with van der Waals surface area (Å²) in [6.45, 7) is 2.53. The first kappa shape index (κ1) is 14.8. The van der Waals surface area contributed by atoms with Gasteiger partial charge in [0.2, 0.25) is 5.91 Å². The van der Waals surface area contributed by atoms with Gasteiger partial charge in [0.1, 0.15) is 11.6 Å². The highest BCUT2D eigenvalue weighted by Gasteiger charge is 2.28. The Bertz CT molecular complexity index is 668. The van der Waals surface area contributed by atoms with Gasteiger partial charge >= 0.3 is 0 Å². The van der Waals surface area contributed by atoms with Crippen molar-refractivity contribution in [3.05, 3.63) is 53.2 Å². The Balaban J connectivity index is 1.78. The molecule has 0 radical (unpaired) electrons. The number of nitrogens with zero attached hydrogens (tertiary/aromatic N) is 2. The van der Waals surface area contributed by atoms with Gasteiger partial charge in [-0.1, -0.05) is 17.3 Å². The van der Waals surface area contributed by atoms with Crippen LogP contribution in [0.15, 0.2) is 34.9 Å². The summed E-state index contributed by atoms with van der Waals surface area (Å²) in [7, 11) is 0. The highest BCUT2D eigenvalue weighted by Crippen LogP contribution is 2.31.